The molecule has 2 N–H and O–H groups in total. The van der Waals surface area contributed by atoms with Gasteiger partial charge in [-0.3, -0.25) is 24.8 Å². The number of nitro benzene ring substituents is 2. The molecule has 1 saturated heterocycles. The number of non-ortho nitro benzene ring substituents is 2. The second kappa shape index (κ2) is 8.18. The maximum atomic E-state index is 11.6. The van der Waals surface area contributed by atoms with Crippen molar-refractivity contribution in [2.75, 3.05) is 6.61 Å². The van der Waals surface area contributed by atoms with Crippen molar-refractivity contribution in [3.05, 3.63) is 92.0 Å². The largest absolute Gasteiger partial charge is 0.494 e. The molecule has 3 aromatic carbocycles. The Kier molecular flexibility index (Phi) is 5.11. The highest BCUT2D eigenvalue weighted by atomic mass is 16.6. The van der Waals surface area contributed by atoms with Crippen molar-refractivity contribution in [1.82, 2.24) is 4.57 Å². The van der Waals surface area contributed by atoms with E-state index >= 15 is 0 Å². The average Bonchev–Trinajstić information content (AvgIpc) is 3.48. The average molecular weight is 517 g/mol. The van der Waals surface area contributed by atoms with Crippen molar-refractivity contribution in [3.63, 3.8) is 0 Å². The minimum absolute atomic E-state index is 0.0354. The minimum Gasteiger partial charge on any atom is -0.494 e. The van der Waals surface area contributed by atoms with Crippen LogP contribution in [0.4, 0.5) is 11.4 Å². The van der Waals surface area contributed by atoms with E-state index in [2.05, 4.69) is 0 Å². The molecule has 3 heterocycles. The number of rotatable bonds is 7. The summed E-state index contributed by atoms with van der Waals surface area (Å²) in [5.74, 6) is 0.111. The number of ether oxygens (including phenoxy) is 2. The first-order chi connectivity index (χ1) is 18.2. The molecule has 2 atom stereocenters. The molecule has 0 spiro atoms. The maximum absolute atomic E-state index is 11.6. The molecule has 0 radical (unpaired) electrons. The molecule has 11 heteroatoms. The van der Waals surface area contributed by atoms with Gasteiger partial charge in [0, 0.05) is 30.0 Å². The minimum atomic E-state index is -0.908. The zero-order valence-corrected chi connectivity index (χ0v) is 20.3. The summed E-state index contributed by atoms with van der Waals surface area (Å²) >= 11 is 0. The van der Waals surface area contributed by atoms with Crippen molar-refractivity contribution in [1.29, 1.82) is 0 Å². The molecule has 2 aliphatic rings. The van der Waals surface area contributed by atoms with E-state index < -0.39 is 21.0 Å². The molecule has 194 valence electrons. The Hall–Kier alpha value is -4.64. The van der Waals surface area contributed by atoms with Gasteiger partial charge in [-0.05, 0) is 44.0 Å². The van der Waals surface area contributed by atoms with Crippen LogP contribution in [-0.2, 0) is 15.9 Å². The summed E-state index contributed by atoms with van der Waals surface area (Å²) in [4.78, 5) is 21.5. The van der Waals surface area contributed by atoms with E-state index in [9.17, 15) is 30.4 Å². The molecule has 0 amide bonds. The van der Waals surface area contributed by atoms with Crippen LogP contribution in [0, 0.1) is 20.2 Å². The van der Waals surface area contributed by atoms with E-state index in [-0.39, 0.29) is 29.7 Å². The number of nitro groups is 2. The van der Waals surface area contributed by atoms with Crippen LogP contribution in [0.2, 0.25) is 0 Å². The molecule has 1 fully saturated rings. The Labute approximate surface area is 215 Å². The zero-order valence-electron chi connectivity index (χ0n) is 20.3. The zero-order chi connectivity index (χ0) is 26.8. The molecule has 11 nitrogen and oxygen atoms in total. The van der Waals surface area contributed by atoms with Crippen molar-refractivity contribution in [3.8, 4) is 23.2 Å². The van der Waals surface area contributed by atoms with Crippen molar-refractivity contribution < 1.29 is 29.5 Å². The highest BCUT2D eigenvalue weighted by molar-refractivity contribution is 5.97. The summed E-state index contributed by atoms with van der Waals surface area (Å²) in [5, 5.41) is 46.3. The number of benzene rings is 3. The second-order valence-corrected chi connectivity index (χ2v) is 9.82. The van der Waals surface area contributed by atoms with Crippen LogP contribution in [0.15, 0.2) is 60.7 Å². The maximum Gasteiger partial charge on any atom is 0.277 e. The smallest absolute Gasteiger partial charge is 0.277 e. The molecule has 6 rings (SSSR count). The number of fused-ring (bicyclic) bond motifs is 6. The highest BCUT2D eigenvalue weighted by Gasteiger charge is 2.61. The van der Waals surface area contributed by atoms with E-state index in [0.29, 0.717) is 52.6 Å². The Morgan fingerprint density at radius 2 is 1.61 bits per heavy atom. The Morgan fingerprint density at radius 1 is 0.921 bits per heavy atom. The quantitative estimate of drug-likeness (QED) is 0.239. The molecule has 0 saturated carbocycles. The normalized spacial score (nSPS) is 21.5. The topological polar surface area (TPSA) is 150 Å². The van der Waals surface area contributed by atoms with E-state index in [4.69, 9.17) is 9.47 Å². The van der Waals surface area contributed by atoms with E-state index in [1.54, 1.807) is 24.3 Å². The summed E-state index contributed by atoms with van der Waals surface area (Å²) in [6, 6.07) is 15.4. The lowest BCUT2D eigenvalue weighted by atomic mass is 9.78. The van der Waals surface area contributed by atoms with Crippen LogP contribution in [0.25, 0.3) is 16.5 Å². The van der Waals surface area contributed by atoms with Gasteiger partial charge >= 0.3 is 0 Å². The number of aromatic hydroxyl groups is 2. The van der Waals surface area contributed by atoms with Gasteiger partial charge in [-0.25, -0.2) is 0 Å². The van der Waals surface area contributed by atoms with Crippen LogP contribution >= 0.6 is 0 Å². The van der Waals surface area contributed by atoms with Gasteiger partial charge in [-0.2, -0.15) is 0 Å². The third kappa shape index (κ3) is 3.32. The summed E-state index contributed by atoms with van der Waals surface area (Å²) in [6.45, 7) is 2.08. The first-order valence-corrected chi connectivity index (χ1v) is 12.1. The van der Waals surface area contributed by atoms with Crippen LogP contribution in [0.1, 0.15) is 37.3 Å². The number of nitrogens with zero attached hydrogens (tertiary/aromatic N) is 3. The van der Waals surface area contributed by atoms with Crippen LogP contribution in [0.5, 0.6) is 17.5 Å². The third-order valence-electron chi connectivity index (χ3n) is 7.67. The number of hydrogen-bond acceptors (Lipinski definition) is 8. The summed E-state index contributed by atoms with van der Waals surface area (Å²) in [6.07, 6.45) is 1.58. The first kappa shape index (κ1) is 23.7. The summed E-state index contributed by atoms with van der Waals surface area (Å²) in [7, 11) is 0. The van der Waals surface area contributed by atoms with Gasteiger partial charge < -0.3 is 19.7 Å². The van der Waals surface area contributed by atoms with Crippen molar-refractivity contribution >= 4 is 22.1 Å². The van der Waals surface area contributed by atoms with Crippen molar-refractivity contribution in [2.45, 2.75) is 37.4 Å². The standard InChI is InChI=1S/C27H23N3O8/c1-26-12-13-27(38-26,14-15-37-17-8-6-16(7-9-17)29(33)34)23-22(26)24(31)28(25(23)32)20-10-11-21(30(35)36)19-5-3-2-4-18(19)20/h2-11,31-32H,12-15H2,1H3. The van der Waals surface area contributed by atoms with Crippen LogP contribution in [-0.4, -0.2) is 31.2 Å². The number of aromatic nitrogens is 1. The van der Waals surface area contributed by atoms with Gasteiger partial charge in [-0.15, -0.1) is 0 Å². The lowest BCUT2D eigenvalue weighted by Crippen LogP contribution is -2.25. The molecule has 2 bridgehead atoms. The lowest BCUT2D eigenvalue weighted by Gasteiger charge is -2.26. The van der Waals surface area contributed by atoms with Gasteiger partial charge in [0.25, 0.3) is 11.4 Å². The van der Waals surface area contributed by atoms with Crippen LogP contribution in [0.3, 0.4) is 0 Å². The summed E-state index contributed by atoms with van der Waals surface area (Å²) in [5.41, 5.74) is -0.446. The van der Waals surface area contributed by atoms with Crippen LogP contribution < -0.4 is 4.74 Å². The molecule has 1 aromatic heterocycles. The predicted octanol–water partition coefficient (Wildman–Crippen LogP) is 5.56. The van der Waals surface area contributed by atoms with Gasteiger partial charge in [-0.1, -0.05) is 18.2 Å². The van der Waals surface area contributed by atoms with Gasteiger partial charge in [0.15, 0.2) is 0 Å². The van der Waals surface area contributed by atoms with Gasteiger partial charge in [0.05, 0.1) is 44.3 Å². The molecule has 2 aliphatic heterocycles. The molecule has 38 heavy (non-hydrogen) atoms. The summed E-state index contributed by atoms with van der Waals surface area (Å²) < 4.78 is 13.6. The Morgan fingerprint density at radius 3 is 2.29 bits per heavy atom. The fourth-order valence-electron chi connectivity index (χ4n) is 5.95. The lowest BCUT2D eigenvalue weighted by molar-refractivity contribution is -0.384. The molecule has 4 aromatic rings. The monoisotopic (exact) mass is 517 g/mol. The highest BCUT2D eigenvalue weighted by Crippen LogP contribution is 2.65. The second-order valence-electron chi connectivity index (χ2n) is 9.82. The SMILES string of the molecule is CC12CCC(CCOc3ccc([N+](=O)[O-])cc3)(O1)c1c2c(O)n(-c2ccc([N+](=O)[O-])c3ccccc23)c1O. The predicted molar refractivity (Wildman–Crippen MR) is 136 cm³/mol. The molecule has 2 unspecified atom stereocenters. The van der Waals surface area contributed by atoms with Crippen molar-refractivity contribution in [2.24, 2.45) is 0 Å². The van der Waals surface area contributed by atoms with E-state index in [0.717, 1.165) is 0 Å². The number of hydrogen-bond donors (Lipinski definition) is 2. The fraction of sp³-hybridized carbons (Fsp3) is 0.259. The Balaban J connectivity index is 1.38. The third-order valence-corrected chi connectivity index (χ3v) is 7.67. The van der Waals surface area contributed by atoms with E-state index in [1.807, 2.05) is 6.92 Å². The molecular weight excluding hydrogens is 494 g/mol. The van der Waals surface area contributed by atoms with E-state index in [1.165, 1.54) is 41.0 Å². The van der Waals surface area contributed by atoms with Gasteiger partial charge in [0.1, 0.15) is 11.4 Å². The Bertz CT molecular complexity index is 1630. The fourth-order valence-corrected chi connectivity index (χ4v) is 5.95. The first-order valence-electron chi connectivity index (χ1n) is 12.1. The molecular formula is C27H23N3O8. The van der Waals surface area contributed by atoms with Gasteiger partial charge in [0.2, 0.25) is 11.8 Å². The molecule has 0 aliphatic carbocycles.